The summed E-state index contributed by atoms with van der Waals surface area (Å²) in [6, 6.07) is 6.92. The third kappa shape index (κ3) is 3.00. The van der Waals surface area contributed by atoms with Gasteiger partial charge in [-0.05, 0) is 24.0 Å². The van der Waals surface area contributed by atoms with E-state index in [2.05, 4.69) is 4.98 Å². The van der Waals surface area contributed by atoms with E-state index in [1.165, 1.54) is 16.3 Å². The van der Waals surface area contributed by atoms with Gasteiger partial charge in [0.2, 0.25) is 0 Å². The maximum absolute atomic E-state index is 12.1. The van der Waals surface area contributed by atoms with Crippen LogP contribution in [0.3, 0.4) is 0 Å². The fourth-order valence-electron chi connectivity index (χ4n) is 1.67. The van der Waals surface area contributed by atoms with Crippen molar-refractivity contribution in [3.63, 3.8) is 0 Å². The zero-order chi connectivity index (χ0) is 14.7. The van der Waals surface area contributed by atoms with Crippen LogP contribution < -0.4 is 5.56 Å². The van der Waals surface area contributed by atoms with Crippen LogP contribution in [0.1, 0.15) is 5.56 Å². The lowest BCUT2D eigenvalue weighted by atomic mass is 10.2. The molecule has 0 fully saturated rings. The van der Waals surface area contributed by atoms with Gasteiger partial charge in [0.25, 0.3) is 0 Å². The molecule has 2 aromatic rings. The lowest BCUT2D eigenvalue weighted by Crippen LogP contribution is -2.25. The van der Waals surface area contributed by atoms with Crippen molar-refractivity contribution in [1.82, 2.24) is 9.55 Å². The maximum atomic E-state index is 12.1. The van der Waals surface area contributed by atoms with Gasteiger partial charge in [-0.2, -0.15) is 0 Å². The van der Waals surface area contributed by atoms with Gasteiger partial charge >= 0.3 is 11.2 Å². The highest BCUT2D eigenvalue weighted by molar-refractivity contribution is 7.98. The van der Waals surface area contributed by atoms with Gasteiger partial charge in [-0.15, -0.1) is 0 Å². The van der Waals surface area contributed by atoms with E-state index in [9.17, 15) is 14.9 Å². The number of aromatic nitrogens is 2. The highest BCUT2D eigenvalue weighted by Crippen LogP contribution is 2.15. The van der Waals surface area contributed by atoms with Crippen molar-refractivity contribution in [2.75, 3.05) is 6.26 Å². The van der Waals surface area contributed by atoms with Gasteiger partial charge in [0.1, 0.15) is 6.20 Å². The van der Waals surface area contributed by atoms with E-state index in [4.69, 9.17) is 11.6 Å². The molecule has 8 heteroatoms. The molecular formula is C12H10ClN3O3S. The van der Waals surface area contributed by atoms with Gasteiger partial charge in [-0.1, -0.05) is 35.5 Å². The monoisotopic (exact) mass is 311 g/mol. The van der Waals surface area contributed by atoms with Crippen LogP contribution in [0.2, 0.25) is 5.02 Å². The third-order valence-corrected chi connectivity index (χ3v) is 3.57. The minimum atomic E-state index is -0.724. The Morgan fingerprint density at radius 1 is 1.40 bits per heavy atom. The summed E-state index contributed by atoms with van der Waals surface area (Å²) < 4.78 is 1.28. The van der Waals surface area contributed by atoms with Gasteiger partial charge < -0.3 is 0 Å². The first-order valence-electron chi connectivity index (χ1n) is 5.55. The second kappa shape index (κ2) is 6.06. The Bertz CT molecular complexity index is 700. The first-order valence-corrected chi connectivity index (χ1v) is 7.16. The number of benzene rings is 1. The Labute approximate surface area is 123 Å². The van der Waals surface area contributed by atoms with Gasteiger partial charge in [-0.3, -0.25) is 19.5 Å². The normalized spacial score (nSPS) is 10.5. The second-order valence-corrected chi connectivity index (χ2v) is 5.11. The average Bonchev–Trinajstić information content (AvgIpc) is 2.42. The number of rotatable bonds is 4. The lowest BCUT2D eigenvalue weighted by molar-refractivity contribution is -0.387. The zero-order valence-electron chi connectivity index (χ0n) is 10.4. The van der Waals surface area contributed by atoms with Crippen LogP contribution in [-0.4, -0.2) is 20.7 Å². The molecule has 0 aliphatic carbocycles. The topological polar surface area (TPSA) is 78.0 Å². The number of nitrogens with zero attached hydrogens (tertiary/aromatic N) is 3. The molecule has 0 saturated carbocycles. The quantitative estimate of drug-likeness (QED) is 0.375. The van der Waals surface area contributed by atoms with E-state index in [1.807, 2.05) is 0 Å². The Morgan fingerprint density at radius 3 is 2.60 bits per heavy atom. The van der Waals surface area contributed by atoms with E-state index in [1.54, 1.807) is 30.5 Å². The van der Waals surface area contributed by atoms with Gasteiger partial charge in [0, 0.05) is 5.02 Å². The summed E-state index contributed by atoms with van der Waals surface area (Å²) in [7, 11) is 0. The molecule has 0 bridgehead atoms. The van der Waals surface area contributed by atoms with Crippen LogP contribution in [0.25, 0.3) is 0 Å². The van der Waals surface area contributed by atoms with Crippen LogP contribution in [0, 0.1) is 10.1 Å². The largest absolute Gasteiger partial charge is 0.352 e. The number of hydrogen-bond acceptors (Lipinski definition) is 5. The highest BCUT2D eigenvalue weighted by atomic mass is 35.5. The van der Waals surface area contributed by atoms with E-state index in [0.29, 0.717) is 10.2 Å². The molecule has 6 nitrogen and oxygen atoms in total. The molecule has 0 saturated heterocycles. The Kier molecular flexibility index (Phi) is 4.41. The Hall–Kier alpha value is -1.86. The van der Waals surface area contributed by atoms with Gasteiger partial charge in [-0.25, -0.2) is 4.98 Å². The molecule has 0 amide bonds. The summed E-state index contributed by atoms with van der Waals surface area (Å²) in [6.45, 7) is 0.209. The minimum Gasteiger partial charge on any atom is -0.277 e. The summed E-state index contributed by atoms with van der Waals surface area (Å²) in [4.78, 5) is 26.1. The SMILES string of the molecule is CSc1ncc([N+](=O)[O-])c(=O)n1Cc1ccc(Cl)cc1. The van der Waals surface area contributed by atoms with Crippen molar-refractivity contribution in [1.29, 1.82) is 0 Å². The first kappa shape index (κ1) is 14.5. The van der Waals surface area contributed by atoms with Crippen molar-refractivity contribution < 1.29 is 4.92 Å². The van der Waals surface area contributed by atoms with Crippen molar-refractivity contribution >= 4 is 29.1 Å². The molecule has 0 spiro atoms. The van der Waals surface area contributed by atoms with Gasteiger partial charge in [0.15, 0.2) is 5.16 Å². The van der Waals surface area contributed by atoms with Crippen LogP contribution in [-0.2, 0) is 6.54 Å². The predicted molar refractivity (Wildman–Crippen MR) is 77.5 cm³/mol. The van der Waals surface area contributed by atoms with Crippen molar-refractivity contribution in [2.45, 2.75) is 11.7 Å². The van der Waals surface area contributed by atoms with Gasteiger partial charge in [0.05, 0.1) is 11.5 Å². The van der Waals surface area contributed by atoms with E-state index in [-0.39, 0.29) is 6.54 Å². The molecule has 1 aromatic heterocycles. The number of thioether (sulfide) groups is 1. The first-order chi connectivity index (χ1) is 9.52. The third-order valence-electron chi connectivity index (χ3n) is 2.63. The van der Waals surface area contributed by atoms with E-state index < -0.39 is 16.2 Å². The molecule has 104 valence electrons. The fourth-order valence-corrected chi connectivity index (χ4v) is 2.32. The predicted octanol–water partition coefficient (Wildman–Crippen LogP) is 2.58. The summed E-state index contributed by atoms with van der Waals surface area (Å²) in [6.07, 6.45) is 2.75. The Balaban J connectivity index is 2.48. The van der Waals surface area contributed by atoms with Crippen molar-refractivity contribution in [3.05, 3.63) is 61.5 Å². The van der Waals surface area contributed by atoms with E-state index in [0.717, 1.165) is 11.8 Å². The van der Waals surface area contributed by atoms with Crippen molar-refractivity contribution in [3.8, 4) is 0 Å². The lowest BCUT2D eigenvalue weighted by Gasteiger charge is -2.09. The van der Waals surface area contributed by atoms with E-state index >= 15 is 0 Å². The van der Waals surface area contributed by atoms with Crippen LogP contribution in [0.5, 0.6) is 0 Å². The highest BCUT2D eigenvalue weighted by Gasteiger charge is 2.18. The molecular weight excluding hydrogens is 302 g/mol. The molecule has 1 heterocycles. The molecule has 0 radical (unpaired) electrons. The summed E-state index contributed by atoms with van der Waals surface area (Å²) in [5.41, 5.74) is -0.379. The van der Waals surface area contributed by atoms with Crippen molar-refractivity contribution in [2.24, 2.45) is 0 Å². The summed E-state index contributed by atoms with van der Waals surface area (Å²) in [5, 5.41) is 11.8. The average molecular weight is 312 g/mol. The molecule has 1 aromatic carbocycles. The summed E-state index contributed by atoms with van der Waals surface area (Å²) >= 11 is 7.05. The fraction of sp³-hybridized carbons (Fsp3) is 0.167. The molecule has 0 atom stereocenters. The second-order valence-electron chi connectivity index (χ2n) is 3.91. The standard InChI is InChI=1S/C12H10ClN3O3S/c1-20-12-14-6-10(16(18)19)11(17)15(12)7-8-2-4-9(13)5-3-8/h2-6H,7H2,1H3. The molecule has 20 heavy (non-hydrogen) atoms. The number of nitro groups is 1. The smallest absolute Gasteiger partial charge is 0.277 e. The number of hydrogen-bond donors (Lipinski definition) is 0. The molecule has 0 aliphatic heterocycles. The molecule has 0 aliphatic rings. The molecule has 0 unspecified atom stereocenters. The molecule has 0 N–H and O–H groups in total. The zero-order valence-corrected chi connectivity index (χ0v) is 12.0. The molecule has 2 rings (SSSR count). The number of halogens is 1. The van der Waals surface area contributed by atoms with Crippen LogP contribution in [0.15, 0.2) is 40.4 Å². The van der Waals surface area contributed by atoms with Crippen LogP contribution in [0.4, 0.5) is 5.69 Å². The maximum Gasteiger partial charge on any atom is 0.352 e. The summed E-state index contributed by atoms with van der Waals surface area (Å²) in [5.74, 6) is 0. The Morgan fingerprint density at radius 2 is 2.05 bits per heavy atom. The minimum absolute atomic E-state index is 0.209. The van der Waals surface area contributed by atoms with Crippen LogP contribution >= 0.6 is 23.4 Å².